The normalized spacial score (nSPS) is 11.3. The average molecular weight is 295 g/mol. The molecule has 2 aromatic carbocycles. The molecular weight excluding hydrogens is 278 g/mol. The molecule has 0 aliphatic carbocycles. The van der Waals surface area contributed by atoms with E-state index >= 15 is 0 Å². The summed E-state index contributed by atoms with van der Waals surface area (Å²) in [4.78, 5) is 11.2. The molecule has 0 saturated heterocycles. The molecule has 0 radical (unpaired) electrons. The van der Waals surface area contributed by atoms with Crippen molar-refractivity contribution < 1.29 is 9.90 Å². The molecule has 0 saturated carbocycles. The molecule has 2 rings (SSSR count). The SMILES string of the molecule is C[C@H](Nc1cccc(NC(=O)CO)c1)c1ccc(C#N)cc1. The van der Waals surface area contributed by atoms with E-state index in [2.05, 4.69) is 16.7 Å². The Kier molecular flexibility index (Phi) is 5.12. The maximum Gasteiger partial charge on any atom is 0.250 e. The highest BCUT2D eigenvalue weighted by atomic mass is 16.3. The Labute approximate surface area is 129 Å². The first-order valence-electron chi connectivity index (χ1n) is 6.89. The standard InChI is InChI=1S/C17H17N3O2/c1-12(14-7-5-13(10-18)6-8-14)19-15-3-2-4-16(9-15)20-17(22)11-21/h2-9,12,19,21H,11H2,1H3,(H,20,22)/t12-/m0/s1. The summed E-state index contributed by atoms with van der Waals surface area (Å²) in [6.45, 7) is 1.47. The third-order valence-corrected chi connectivity index (χ3v) is 3.21. The Morgan fingerprint density at radius 2 is 1.91 bits per heavy atom. The van der Waals surface area contributed by atoms with Crippen LogP contribution in [0.3, 0.4) is 0 Å². The van der Waals surface area contributed by atoms with Crippen LogP contribution in [0, 0.1) is 11.3 Å². The molecule has 5 nitrogen and oxygen atoms in total. The third-order valence-electron chi connectivity index (χ3n) is 3.21. The van der Waals surface area contributed by atoms with Crippen molar-refractivity contribution in [2.24, 2.45) is 0 Å². The molecule has 0 unspecified atom stereocenters. The summed E-state index contributed by atoms with van der Waals surface area (Å²) in [7, 11) is 0. The molecule has 0 bridgehead atoms. The van der Waals surface area contributed by atoms with Gasteiger partial charge in [-0.3, -0.25) is 4.79 Å². The van der Waals surface area contributed by atoms with E-state index in [1.165, 1.54) is 0 Å². The van der Waals surface area contributed by atoms with Crippen LogP contribution in [0.2, 0.25) is 0 Å². The van der Waals surface area contributed by atoms with Gasteiger partial charge in [0.05, 0.1) is 11.6 Å². The monoisotopic (exact) mass is 295 g/mol. The molecule has 0 heterocycles. The highest BCUT2D eigenvalue weighted by Crippen LogP contribution is 2.22. The van der Waals surface area contributed by atoms with Crippen LogP contribution in [0.5, 0.6) is 0 Å². The molecule has 3 N–H and O–H groups in total. The van der Waals surface area contributed by atoms with Gasteiger partial charge in [0.1, 0.15) is 6.61 Å². The second-order valence-electron chi connectivity index (χ2n) is 4.89. The summed E-state index contributed by atoms with van der Waals surface area (Å²) in [5.74, 6) is -0.447. The van der Waals surface area contributed by atoms with Gasteiger partial charge in [-0.25, -0.2) is 0 Å². The summed E-state index contributed by atoms with van der Waals surface area (Å²) < 4.78 is 0. The molecule has 0 aromatic heterocycles. The number of amides is 1. The van der Waals surface area contributed by atoms with E-state index < -0.39 is 12.5 Å². The van der Waals surface area contributed by atoms with E-state index in [-0.39, 0.29) is 6.04 Å². The van der Waals surface area contributed by atoms with Gasteiger partial charge in [-0.15, -0.1) is 0 Å². The van der Waals surface area contributed by atoms with E-state index in [0.29, 0.717) is 11.3 Å². The Hall–Kier alpha value is -2.84. The smallest absolute Gasteiger partial charge is 0.250 e. The third kappa shape index (κ3) is 4.08. The average Bonchev–Trinajstić information content (AvgIpc) is 2.55. The van der Waals surface area contributed by atoms with Crippen LogP contribution >= 0.6 is 0 Å². The minimum Gasteiger partial charge on any atom is -0.387 e. The zero-order valence-corrected chi connectivity index (χ0v) is 12.2. The van der Waals surface area contributed by atoms with E-state index in [0.717, 1.165) is 11.3 Å². The quantitative estimate of drug-likeness (QED) is 0.791. The van der Waals surface area contributed by atoms with E-state index in [1.54, 1.807) is 24.3 Å². The van der Waals surface area contributed by atoms with Crippen molar-refractivity contribution >= 4 is 17.3 Å². The summed E-state index contributed by atoms with van der Waals surface area (Å²) in [6.07, 6.45) is 0. The molecule has 2 aromatic rings. The lowest BCUT2D eigenvalue weighted by Crippen LogP contribution is -2.15. The van der Waals surface area contributed by atoms with Crippen molar-refractivity contribution in [3.8, 4) is 6.07 Å². The number of hydrogen-bond acceptors (Lipinski definition) is 4. The maximum absolute atomic E-state index is 11.2. The predicted octanol–water partition coefficient (Wildman–Crippen LogP) is 2.66. The molecule has 0 aliphatic rings. The molecule has 5 heteroatoms. The van der Waals surface area contributed by atoms with Crippen LogP contribution < -0.4 is 10.6 Å². The van der Waals surface area contributed by atoms with Gasteiger partial charge in [-0.05, 0) is 42.8 Å². The predicted molar refractivity (Wildman–Crippen MR) is 85.4 cm³/mol. The number of nitrogens with one attached hydrogen (secondary N) is 2. The van der Waals surface area contributed by atoms with Crippen molar-refractivity contribution in [3.63, 3.8) is 0 Å². The van der Waals surface area contributed by atoms with Crippen LogP contribution in [0.25, 0.3) is 0 Å². The Bertz CT molecular complexity index is 690. The van der Waals surface area contributed by atoms with Crippen LogP contribution in [-0.2, 0) is 4.79 Å². The van der Waals surface area contributed by atoms with Gasteiger partial charge in [0.15, 0.2) is 0 Å². The fourth-order valence-corrected chi connectivity index (χ4v) is 2.07. The molecule has 112 valence electrons. The second-order valence-corrected chi connectivity index (χ2v) is 4.89. The van der Waals surface area contributed by atoms with Crippen molar-refractivity contribution in [3.05, 3.63) is 59.7 Å². The van der Waals surface area contributed by atoms with Gasteiger partial charge in [0, 0.05) is 17.4 Å². The minimum absolute atomic E-state index is 0.0523. The summed E-state index contributed by atoms with van der Waals surface area (Å²) in [5.41, 5.74) is 3.16. The fourth-order valence-electron chi connectivity index (χ4n) is 2.07. The number of hydrogen-bond donors (Lipinski definition) is 3. The fraction of sp³-hybridized carbons (Fsp3) is 0.176. The molecule has 0 spiro atoms. The van der Waals surface area contributed by atoms with Crippen molar-refractivity contribution in [1.29, 1.82) is 5.26 Å². The van der Waals surface area contributed by atoms with E-state index in [1.807, 2.05) is 31.2 Å². The van der Waals surface area contributed by atoms with Gasteiger partial charge in [-0.1, -0.05) is 18.2 Å². The van der Waals surface area contributed by atoms with Gasteiger partial charge in [-0.2, -0.15) is 5.26 Å². The van der Waals surface area contributed by atoms with Gasteiger partial charge in [0.25, 0.3) is 0 Å². The van der Waals surface area contributed by atoms with E-state index in [9.17, 15) is 4.79 Å². The first kappa shape index (κ1) is 15.5. The second kappa shape index (κ2) is 7.25. The number of anilines is 2. The number of nitriles is 1. The van der Waals surface area contributed by atoms with E-state index in [4.69, 9.17) is 10.4 Å². The number of aliphatic hydroxyl groups is 1. The number of carbonyl (C=O) groups excluding carboxylic acids is 1. The first-order valence-corrected chi connectivity index (χ1v) is 6.89. The number of benzene rings is 2. The number of carbonyl (C=O) groups is 1. The summed E-state index contributed by atoms with van der Waals surface area (Å²) >= 11 is 0. The molecule has 1 amide bonds. The lowest BCUT2D eigenvalue weighted by Gasteiger charge is -2.16. The zero-order valence-electron chi connectivity index (χ0n) is 12.2. The van der Waals surface area contributed by atoms with Crippen LogP contribution in [0.4, 0.5) is 11.4 Å². The van der Waals surface area contributed by atoms with Gasteiger partial charge < -0.3 is 15.7 Å². The van der Waals surface area contributed by atoms with Crippen molar-refractivity contribution in [1.82, 2.24) is 0 Å². The maximum atomic E-state index is 11.2. The lowest BCUT2D eigenvalue weighted by molar-refractivity contribution is -0.118. The number of rotatable bonds is 5. The largest absolute Gasteiger partial charge is 0.387 e. The molecule has 22 heavy (non-hydrogen) atoms. The van der Waals surface area contributed by atoms with Crippen LogP contribution in [0.1, 0.15) is 24.1 Å². The molecular formula is C17H17N3O2. The van der Waals surface area contributed by atoms with Crippen LogP contribution in [-0.4, -0.2) is 17.6 Å². The van der Waals surface area contributed by atoms with Gasteiger partial charge >= 0.3 is 0 Å². The first-order chi connectivity index (χ1) is 10.6. The summed E-state index contributed by atoms with van der Waals surface area (Å²) in [6, 6.07) is 16.8. The number of aliphatic hydroxyl groups excluding tert-OH is 1. The molecule has 1 atom stereocenters. The molecule has 0 fully saturated rings. The highest BCUT2D eigenvalue weighted by Gasteiger charge is 2.06. The molecule has 0 aliphatic heterocycles. The summed E-state index contributed by atoms with van der Waals surface area (Å²) in [5, 5.41) is 23.5. The van der Waals surface area contributed by atoms with Crippen molar-refractivity contribution in [2.75, 3.05) is 17.2 Å². The minimum atomic E-state index is -0.542. The number of nitrogens with zero attached hydrogens (tertiary/aromatic N) is 1. The Morgan fingerprint density at radius 1 is 1.23 bits per heavy atom. The topological polar surface area (TPSA) is 85.2 Å². The highest BCUT2D eigenvalue weighted by molar-refractivity contribution is 5.91. The zero-order chi connectivity index (χ0) is 15.9. The Morgan fingerprint density at radius 3 is 2.55 bits per heavy atom. The van der Waals surface area contributed by atoms with Crippen LogP contribution in [0.15, 0.2) is 48.5 Å². The van der Waals surface area contributed by atoms with Gasteiger partial charge in [0.2, 0.25) is 5.91 Å². The Balaban J connectivity index is 2.07. The van der Waals surface area contributed by atoms with Crippen molar-refractivity contribution in [2.45, 2.75) is 13.0 Å². The lowest BCUT2D eigenvalue weighted by atomic mass is 10.1.